The Balaban J connectivity index is 1.87. The third-order valence-electron chi connectivity index (χ3n) is 5.35. The molecule has 3 rings (SSSR count). The summed E-state index contributed by atoms with van der Waals surface area (Å²) in [6.07, 6.45) is 1.78. The number of nitrogens with zero attached hydrogens (tertiary/aromatic N) is 2. The van der Waals surface area contributed by atoms with Gasteiger partial charge in [0, 0.05) is 38.7 Å². The van der Waals surface area contributed by atoms with Gasteiger partial charge < -0.3 is 4.74 Å². The van der Waals surface area contributed by atoms with Crippen LogP contribution in [0.1, 0.15) is 6.42 Å². The quantitative estimate of drug-likeness (QED) is 0.738. The molecule has 9 heteroatoms. The summed E-state index contributed by atoms with van der Waals surface area (Å²) < 4.78 is 58.0. The van der Waals surface area contributed by atoms with Crippen molar-refractivity contribution in [3.63, 3.8) is 0 Å². The molecule has 140 valence electrons. The van der Waals surface area contributed by atoms with Gasteiger partial charge in [0.25, 0.3) is 0 Å². The predicted octanol–water partition coefficient (Wildman–Crippen LogP) is 0.605. The lowest BCUT2D eigenvalue weighted by Crippen LogP contribution is -2.50. The maximum atomic E-state index is 12.9. The zero-order chi connectivity index (χ0) is 18.3. The number of methoxy groups -OCH3 is 1. The van der Waals surface area contributed by atoms with Gasteiger partial charge in [0.15, 0.2) is 0 Å². The van der Waals surface area contributed by atoms with Crippen molar-refractivity contribution in [3.8, 4) is 0 Å². The van der Waals surface area contributed by atoms with E-state index < -0.39 is 20.0 Å². The summed E-state index contributed by atoms with van der Waals surface area (Å²) in [6, 6.07) is 8.35. The first kappa shape index (κ1) is 18.8. The monoisotopic (exact) mass is 388 g/mol. The van der Waals surface area contributed by atoms with E-state index in [1.807, 2.05) is 0 Å². The Morgan fingerprint density at radius 1 is 1.12 bits per heavy atom. The molecule has 2 aliphatic heterocycles. The Kier molecular flexibility index (Phi) is 4.97. The highest BCUT2D eigenvalue weighted by molar-refractivity contribution is 7.89. The maximum absolute atomic E-state index is 12.9. The fourth-order valence-electron chi connectivity index (χ4n) is 3.94. The minimum atomic E-state index is -3.57. The molecule has 0 radical (unpaired) electrons. The third kappa shape index (κ3) is 3.48. The van der Waals surface area contributed by atoms with Crippen molar-refractivity contribution in [1.29, 1.82) is 0 Å². The lowest BCUT2D eigenvalue weighted by Gasteiger charge is -2.42. The summed E-state index contributed by atoms with van der Waals surface area (Å²) in [4.78, 5) is 0.271. The summed E-state index contributed by atoms with van der Waals surface area (Å²) >= 11 is 0. The van der Waals surface area contributed by atoms with E-state index in [0.717, 1.165) is 0 Å². The molecule has 2 heterocycles. The molecule has 2 atom stereocenters. The number of rotatable bonds is 5. The van der Waals surface area contributed by atoms with Crippen LogP contribution in [0, 0.1) is 11.3 Å². The molecule has 0 bridgehead atoms. The molecule has 25 heavy (non-hydrogen) atoms. The van der Waals surface area contributed by atoms with Gasteiger partial charge in [-0.25, -0.2) is 21.1 Å². The molecule has 0 spiro atoms. The molecule has 0 amide bonds. The first-order valence-corrected chi connectivity index (χ1v) is 11.5. The second kappa shape index (κ2) is 6.62. The van der Waals surface area contributed by atoms with Crippen molar-refractivity contribution in [2.45, 2.75) is 11.3 Å². The minimum Gasteiger partial charge on any atom is -0.384 e. The molecular formula is C16H24N2O5S2. The zero-order valence-corrected chi connectivity index (χ0v) is 16.1. The third-order valence-corrected chi connectivity index (χ3v) is 8.44. The first-order chi connectivity index (χ1) is 11.7. The van der Waals surface area contributed by atoms with Crippen molar-refractivity contribution >= 4 is 20.0 Å². The highest BCUT2D eigenvalue weighted by atomic mass is 32.2. The topological polar surface area (TPSA) is 84.0 Å². The Bertz CT molecular complexity index is 825. The van der Waals surface area contributed by atoms with Crippen molar-refractivity contribution in [2.24, 2.45) is 11.3 Å². The van der Waals surface area contributed by atoms with E-state index in [0.29, 0.717) is 39.2 Å². The molecule has 2 fully saturated rings. The van der Waals surface area contributed by atoms with E-state index >= 15 is 0 Å². The Morgan fingerprint density at radius 3 is 2.36 bits per heavy atom. The Morgan fingerprint density at radius 2 is 1.76 bits per heavy atom. The van der Waals surface area contributed by atoms with Crippen molar-refractivity contribution in [3.05, 3.63) is 30.3 Å². The number of hydrogen-bond donors (Lipinski definition) is 0. The number of sulfonamides is 2. The number of piperidine rings is 1. The van der Waals surface area contributed by atoms with Gasteiger partial charge in [-0.1, -0.05) is 18.2 Å². The van der Waals surface area contributed by atoms with E-state index in [9.17, 15) is 16.8 Å². The van der Waals surface area contributed by atoms with E-state index in [2.05, 4.69) is 0 Å². The smallest absolute Gasteiger partial charge is 0.243 e. The minimum absolute atomic E-state index is 0.0746. The molecule has 0 aromatic heterocycles. The van der Waals surface area contributed by atoms with E-state index in [1.165, 1.54) is 14.9 Å². The van der Waals surface area contributed by atoms with E-state index in [-0.39, 0.29) is 16.2 Å². The van der Waals surface area contributed by atoms with Crippen LogP contribution in [-0.4, -0.2) is 71.6 Å². The van der Waals surface area contributed by atoms with Gasteiger partial charge in [0.1, 0.15) is 0 Å². The second-order valence-corrected chi connectivity index (χ2v) is 10.9. The van der Waals surface area contributed by atoms with Crippen LogP contribution >= 0.6 is 0 Å². The van der Waals surface area contributed by atoms with Crippen LogP contribution in [0.5, 0.6) is 0 Å². The number of benzene rings is 1. The summed E-state index contributed by atoms with van der Waals surface area (Å²) in [7, 11) is -5.28. The van der Waals surface area contributed by atoms with Crippen LogP contribution in [0.15, 0.2) is 35.2 Å². The number of ether oxygens (including phenoxy) is 1. The van der Waals surface area contributed by atoms with Crippen LogP contribution in [0.4, 0.5) is 0 Å². The fraction of sp³-hybridized carbons (Fsp3) is 0.625. The van der Waals surface area contributed by atoms with Gasteiger partial charge in [-0.2, -0.15) is 4.31 Å². The molecule has 0 aliphatic carbocycles. The summed E-state index contributed by atoms with van der Waals surface area (Å²) in [6.45, 7) is 1.84. The summed E-state index contributed by atoms with van der Waals surface area (Å²) in [5, 5.41) is 0. The predicted molar refractivity (Wildman–Crippen MR) is 94.0 cm³/mol. The van der Waals surface area contributed by atoms with Gasteiger partial charge in [-0.05, 0) is 24.5 Å². The van der Waals surface area contributed by atoms with Crippen LogP contribution in [0.2, 0.25) is 0 Å². The average molecular weight is 389 g/mol. The normalized spacial score (nSPS) is 28.8. The lowest BCUT2D eigenvalue weighted by molar-refractivity contribution is 0.0209. The molecule has 2 saturated heterocycles. The molecule has 0 unspecified atom stereocenters. The highest BCUT2D eigenvalue weighted by Crippen LogP contribution is 2.44. The maximum Gasteiger partial charge on any atom is 0.243 e. The van der Waals surface area contributed by atoms with Crippen LogP contribution in [-0.2, 0) is 24.8 Å². The lowest BCUT2D eigenvalue weighted by atomic mass is 9.74. The average Bonchev–Trinajstić information content (AvgIpc) is 2.95. The van der Waals surface area contributed by atoms with Gasteiger partial charge in [-0.3, -0.25) is 0 Å². The van der Waals surface area contributed by atoms with Gasteiger partial charge in [0.05, 0.1) is 17.8 Å². The molecule has 0 N–H and O–H groups in total. The molecule has 7 nitrogen and oxygen atoms in total. The number of fused-ring (bicyclic) bond motifs is 1. The SMILES string of the molecule is COC[C@@]12CCN(S(=O)(=O)c3ccccc3)C[C@@H]1CN(S(C)(=O)=O)C2. The van der Waals surface area contributed by atoms with Crippen molar-refractivity contribution < 1.29 is 21.6 Å². The summed E-state index contributed by atoms with van der Waals surface area (Å²) in [5.41, 5.74) is -0.319. The second-order valence-electron chi connectivity index (χ2n) is 6.97. The highest BCUT2D eigenvalue weighted by Gasteiger charge is 2.53. The van der Waals surface area contributed by atoms with Crippen LogP contribution in [0.25, 0.3) is 0 Å². The van der Waals surface area contributed by atoms with E-state index in [1.54, 1.807) is 37.4 Å². The Labute approximate surface area is 149 Å². The van der Waals surface area contributed by atoms with Gasteiger partial charge in [-0.15, -0.1) is 0 Å². The first-order valence-electron chi connectivity index (χ1n) is 8.18. The molecule has 1 aromatic rings. The molecule has 1 aromatic carbocycles. The van der Waals surface area contributed by atoms with Gasteiger partial charge >= 0.3 is 0 Å². The molecule has 2 aliphatic rings. The fourth-order valence-corrected chi connectivity index (χ4v) is 6.39. The van der Waals surface area contributed by atoms with Crippen molar-refractivity contribution in [1.82, 2.24) is 8.61 Å². The Hall–Kier alpha value is -1.00. The summed E-state index contributed by atoms with van der Waals surface area (Å²) in [5.74, 6) is -0.0746. The number of hydrogen-bond acceptors (Lipinski definition) is 5. The molecular weight excluding hydrogens is 364 g/mol. The zero-order valence-electron chi connectivity index (χ0n) is 14.5. The van der Waals surface area contributed by atoms with Crippen LogP contribution < -0.4 is 0 Å². The van der Waals surface area contributed by atoms with Crippen LogP contribution in [0.3, 0.4) is 0 Å². The standard InChI is InChI=1S/C16H24N2O5S2/c1-23-13-16-8-9-17(25(21,22)15-6-4-3-5-7-15)10-14(16)11-18(12-16)24(2,19)20/h3-7,14H,8-13H2,1-2H3/t14-,16+/m1/s1. The van der Waals surface area contributed by atoms with Gasteiger partial charge in [0.2, 0.25) is 20.0 Å². The van der Waals surface area contributed by atoms with Crippen molar-refractivity contribution in [2.75, 3.05) is 46.2 Å². The van der Waals surface area contributed by atoms with E-state index in [4.69, 9.17) is 4.74 Å². The molecule has 0 saturated carbocycles. The largest absolute Gasteiger partial charge is 0.384 e.